The average Bonchev–Trinajstić information content (AvgIpc) is 3.31. The number of hydrogen-bond donors (Lipinski definition) is 2. The average molecular weight is 386 g/mol. The molecule has 2 aromatic rings. The summed E-state index contributed by atoms with van der Waals surface area (Å²) < 4.78 is 0. The molecule has 1 aliphatic heterocycles. The van der Waals surface area contributed by atoms with Gasteiger partial charge in [0.15, 0.2) is 5.76 Å². The van der Waals surface area contributed by atoms with Crippen LogP contribution >= 0.6 is 11.3 Å². The molecule has 0 spiro atoms. The fourth-order valence-electron chi connectivity index (χ4n) is 3.52. The van der Waals surface area contributed by atoms with Crippen LogP contribution in [0.4, 0.5) is 0 Å². The summed E-state index contributed by atoms with van der Waals surface area (Å²) in [5, 5.41) is 12.4. The first-order valence-corrected chi connectivity index (χ1v) is 10.2. The Hall–Kier alpha value is -2.44. The van der Waals surface area contributed by atoms with Crippen molar-refractivity contribution < 1.29 is 19.6 Å². The SMILES string of the molecule is CC[NH+](CC)CCN1C(=O)C(O)=C(C(=O)c2cccs2)[C@H]1c1ccccc1. The van der Waals surface area contributed by atoms with Gasteiger partial charge in [-0.1, -0.05) is 36.4 Å². The number of carbonyl (C=O) groups excluding carboxylic acids is 2. The first kappa shape index (κ1) is 19.3. The summed E-state index contributed by atoms with van der Waals surface area (Å²) in [4.78, 5) is 29.4. The van der Waals surface area contributed by atoms with Gasteiger partial charge in [0.2, 0.25) is 5.78 Å². The van der Waals surface area contributed by atoms with Crippen LogP contribution in [-0.2, 0) is 4.79 Å². The standard InChI is InChI=1S/C21H24N2O3S/c1-3-22(4-2)12-13-23-18(15-9-6-5-7-10-15)17(20(25)21(23)26)19(24)16-11-8-14-27-16/h5-11,14,18,25H,3-4,12-13H2,1-2H3/p+1/t18-/m1/s1. The predicted molar refractivity (Wildman–Crippen MR) is 106 cm³/mol. The van der Waals surface area contributed by atoms with Crippen molar-refractivity contribution >= 4 is 23.0 Å². The summed E-state index contributed by atoms with van der Waals surface area (Å²) in [5.41, 5.74) is 1.02. The Balaban J connectivity index is 1.98. The summed E-state index contributed by atoms with van der Waals surface area (Å²) in [6.07, 6.45) is 0. The second-order valence-electron chi connectivity index (χ2n) is 6.59. The van der Waals surface area contributed by atoms with E-state index in [0.29, 0.717) is 11.4 Å². The van der Waals surface area contributed by atoms with Crippen LogP contribution in [0.3, 0.4) is 0 Å². The number of nitrogens with one attached hydrogen (secondary N) is 1. The third-order valence-corrected chi connectivity index (χ3v) is 5.98. The van der Waals surface area contributed by atoms with Gasteiger partial charge in [-0.3, -0.25) is 9.59 Å². The van der Waals surface area contributed by atoms with Crippen LogP contribution in [0, 0.1) is 0 Å². The third kappa shape index (κ3) is 3.82. The minimum absolute atomic E-state index is 0.184. The Morgan fingerprint density at radius 1 is 1.15 bits per heavy atom. The van der Waals surface area contributed by atoms with Crippen LogP contribution in [-0.4, -0.2) is 47.9 Å². The maximum atomic E-state index is 13.1. The van der Waals surface area contributed by atoms with Gasteiger partial charge in [0, 0.05) is 0 Å². The lowest BCUT2D eigenvalue weighted by atomic mass is 9.95. The molecule has 1 aromatic carbocycles. The van der Waals surface area contributed by atoms with E-state index in [1.54, 1.807) is 17.0 Å². The topological polar surface area (TPSA) is 62.1 Å². The number of amides is 1. The lowest BCUT2D eigenvalue weighted by Crippen LogP contribution is -3.12. The van der Waals surface area contributed by atoms with Crippen LogP contribution in [0.15, 0.2) is 59.2 Å². The Kier molecular flexibility index (Phi) is 6.08. The number of carbonyl (C=O) groups is 2. The predicted octanol–water partition coefficient (Wildman–Crippen LogP) is 2.25. The van der Waals surface area contributed by atoms with Gasteiger partial charge < -0.3 is 14.9 Å². The Bertz CT molecular complexity index is 826. The number of aliphatic hydroxyl groups excluding tert-OH is 1. The van der Waals surface area contributed by atoms with Crippen molar-refractivity contribution in [1.29, 1.82) is 0 Å². The monoisotopic (exact) mass is 385 g/mol. The van der Waals surface area contributed by atoms with Gasteiger partial charge >= 0.3 is 0 Å². The van der Waals surface area contributed by atoms with E-state index in [9.17, 15) is 14.7 Å². The molecular weight excluding hydrogens is 360 g/mol. The lowest BCUT2D eigenvalue weighted by molar-refractivity contribution is -0.895. The molecule has 142 valence electrons. The van der Waals surface area contributed by atoms with Gasteiger partial charge in [-0.2, -0.15) is 0 Å². The van der Waals surface area contributed by atoms with Gasteiger partial charge in [0.05, 0.1) is 42.7 Å². The molecule has 0 saturated heterocycles. The van der Waals surface area contributed by atoms with E-state index in [0.717, 1.165) is 25.2 Å². The fraction of sp³-hybridized carbons (Fsp3) is 0.333. The van der Waals surface area contributed by atoms with Crippen molar-refractivity contribution in [3.63, 3.8) is 0 Å². The van der Waals surface area contributed by atoms with Crippen LogP contribution in [0.25, 0.3) is 0 Å². The van der Waals surface area contributed by atoms with Gasteiger partial charge in [0.1, 0.15) is 0 Å². The molecule has 0 unspecified atom stereocenters. The minimum atomic E-state index is -0.553. The molecule has 0 bridgehead atoms. The molecule has 3 rings (SSSR count). The summed E-state index contributed by atoms with van der Waals surface area (Å²) in [6.45, 7) is 7.42. The van der Waals surface area contributed by atoms with E-state index in [2.05, 4.69) is 13.8 Å². The zero-order valence-electron chi connectivity index (χ0n) is 15.6. The van der Waals surface area contributed by atoms with Gasteiger partial charge in [0.25, 0.3) is 5.91 Å². The van der Waals surface area contributed by atoms with E-state index in [1.807, 2.05) is 35.7 Å². The molecule has 2 N–H and O–H groups in total. The number of ketones is 1. The van der Waals surface area contributed by atoms with Crippen LogP contribution in [0.5, 0.6) is 0 Å². The summed E-state index contributed by atoms with van der Waals surface area (Å²) in [5.74, 6) is -1.16. The van der Waals surface area contributed by atoms with Crippen molar-refractivity contribution in [2.24, 2.45) is 0 Å². The quantitative estimate of drug-likeness (QED) is 0.685. The second-order valence-corrected chi connectivity index (χ2v) is 7.54. The van der Waals surface area contributed by atoms with E-state index in [-0.39, 0.29) is 11.4 Å². The first-order valence-electron chi connectivity index (χ1n) is 9.29. The van der Waals surface area contributed by atoms with Crippen LogP contribution < -0.4 is 4.90 Å². The van der Waals surface area contributed by atoms with Crippen molar-refractivity contribution in [3.8, 4) is 0 Å². The Morgan fingerprint density at radius 2 is 1.85 bits per heavy atom. The van der Waals surface area contributed by atoms with Crippen molar-refractivity contribution in [3.05, 3.63) is 69.6 Å². The number of hydrogen-bond acceptors (Lipinski definition) is 4. The van der Waals surface area contributed by atoms with E-state index in [4.69, 9.17) is 0 Å². The van der Waals surface area contributed by atoms with Crippen LogP contribution in [0.1, 0.15) is 35.1 Å². The molecule has 6 heteroatoms. The molecule has 1 atom stereocenters. The lowest BCUT2D eigenvalue weighted by Gasteiger charge is -2.28. The Labute approximate surface area is 163 Å². The highest BCUT2D eigenvalue weighted by molar-refractivity contribution is 7.12. The highest BCUT2D eigenvalue weighted by Crippen LogP contribution is 2.39. The fourth-order valence-corrected chi connectivity index (χ4v) is 4.20. The molecule has 0 radical (unpaired) electrons. The number of aliphatic hydroxyl groups is 1. The van der Waals surface area contributed by atoms with Crippen molar-refractivity contribution in [1.82, 2.24) is 4.90 Å². The molecule has 27 heavy (non-hydrogen) atoms. The normalized spacial score (nSPS) is 17.2. The Morgan fingerprint density at radius 3 is 2.44 bits per heavy atom. The number of Topliss-reactive ketones (excluding diaryl/α,β-unsaturated/α-hetero) is 1. The molecule has 0 aliphatic carbocycles. The minimum Gasteiger partial charge on any atom is -0.503 e. The first-order chi connectivity index (χ1) is 13.1. The molecule has 0 saturated carbocycles. The van der Waals surface area contributed by atoms with Crippen molar-refractivity contribution in [2.45, 2.75) is 19.9 Å². The van der Waals surface area contributed by atoms with E-state index in [1.165, 1.54) is 16.2 Å². The number of rotatable bonds is 8. The largest absolute Gasteiger partial charge is 0.503 e. The molecule has 5 nitrogen and oxygen atoms in total. The molecule has 1 aromatic heterocycles. The van der Waals surface area contributed by atoms with E-state index < -0.39 is 17.7 Å². The molecule has 2 heterocycles. The third-order valence-electron chi connectivity index (χ3n) is 5.11. The van der Waals surface area contributed by atoms with Crippen molar-refractivity contribution in [2.75, 3.05) is 26.2 Å². The molecule has 1 aliphatic rings. The summed E-state index contributed by atoms with van der Waals surface area (Å²) in [6, 6.07) is 12.4. The zero-order chi connectivity index (χ0) is 19.4. The number of nitrogens with zero attached hydrogens (tertiary/aromatic N) is 1. The van der Waals surface area contributed by atoms with Gasteiger partial charge in [-0.25, -0.2) is 0 Å². The highest BCUT2D eigenvalue weighted by atomic mass is 32.1. The number of quaternary nitrogens is 1. The smallest absolute Gasteiger partial charge is 0.290 e. The summed E-state index contributed by atoms with van der Waals surface area (Å²) in [7, 11) is 0. The second kappa shape index (κ2) is 8.50. The van der Waals surface area contributed by atoms with Gasteiger partial charge in [-0.05, 0) is 30.9 Å². The highest BCUT2D eigenvalue weighted by Gasteiger charge is 2.44. The van der Waals surface area contributed by atoms with Crippen LogP contribution in [0.2, 0.25) is 0 Å². The molecule has 1 amide bonds. The molecular formula is C21H25N2O3S+. The maximum absolute atomic E-state index is 13.1. The number of thiophene rings is 1. The summed E-state index contributed by atoms with van der Waals surface area (Å²) >= 11 is 1.32. The maximum Gasteiger partial charge on any atom is 0.290 e. The van der Waals surface area contributed by atoms with E-state index >= 15 is 0 Å². The number of benzene rings is 1. The molecule has 0 fully saturated rings. The zero-order valence-corrected chi connectivity index (χ0v) is 16.5. The van der Waals surface area contributed by atoms with Gasteiger partial charge in [-0.15, -0.1) is 11.3 Å². The number of likely N-dealkylation sites (N-methyl/N-ethyl adjacent to an activating group) is 1.